The van der Waals surface area contributed by atoms with Crippen LogP contribution in [0.25, 0.3) is 0 Å². The molecule has 3 heteroatoms. The first-order valence-electron chi connectivity index (χ1n) is 19.4. The molecule has 0 unspecified atom stereocenters. The van der Waals surface area contributed by atoms with Gasteiger partial charge < -0.3 is 9.64 Å². The molecule has 0 amide bonds. The Balaban J connectivity index is 1.35. The molecule has 2 heterocycles. The Morgan fingerprint density at radius 1 is 0.480 bits per heavy atom. The highest BCUT2D eigenvalue weighted by atomic mass is 16.5. The van der Waals surface area contributed by atoms with Gasteiger partial charge in [-0.25, -0.2) is 0 Å². The van der Waals surface area contributed by atoms with Crippen molar-refractivity contribution in [1.82, 2.24) is 0 Å². The Morgan fingerprint density at radius 3 is 1.64 bits per heavy atom. The van der Waals surface area contributed by atoms with Crippen molar-refractivity contribution in [1.29, 1.82) is 0 Å². The third kappa shape index (κ3) is 4.34. The molecule has 3 aliphatic carbocycles. The minimum atomic E-state index is 0.111. The highest BCUT2D eigenvalue weighted by molar-refractivity contribution is 6.99. The quantitative estimate of drug-likeness (QED) is 0.163. The molecule has 50 heavy (non-hydrogen) atoms. The maximum absolute atomic E-state index is 7.02. The summed E-state index contributed by atoms with van der Waals surface area (Å²) in [6.07, 6.45) is 5.97. The second-order valence-corrected chi connectivity index (χ2v) is 20.7. The van der Waals surface area contributed by atoms with Gasteiger partial charge in [0.05, 0.1) is 0 Å². The van der Waals surface area contributed by atoms with E-state index in [2.05, 4.69) is 149 Å². The summed E-state index contributed by atoms with van der Waals surface area (Å²) in [6.45, 7) is 29.4. The highest BCUT2D eigenvalue weighted by Crippen LogP contribution is 2.53. The van der Waals surface area contributed by atoms with Crippen molar-refractivity contribution in [3.8, 4) is 11.5 Å². The molecule has 9 rings (SSSR count). The van der Waals surface area contributed by atoms with E-state index in [9.17, 15) is 0 Å². The maximum Gasteiger partial charge on any atom is 0.256 e. The molecule has 0 N–H and O–H groups in total. The standard InChI is InChI=1S/C47H56BNO/c1-42(2)18-19-43(3,4)30-22-28(16-17-29(30)42)49-37-14-13-15-39-41(37)48(35-23-31-33(25-38(35)49)45(7,8)21-20-44(31,5)6)36-24-32-34(26-40(36)50-39)47(11,12)27-46(32,9)10/h13-17,22-26H,18-21,27H2,1-12H3. The molecule has 258 valence electrons. The van der Waals surface area contributed by atoms with Gasteiger partial charge >= 0.3 is 0 Å². The molecule has 4 aromatic carbocycles. The van der Waals surface area contributed by atoms with Crippen LogP contribution >= 0.6 is 0 Å². The molecule has 0 radical (unpaired) electrons. The Labute approximate surface area is 302 Å². The average molecular weight is 662 g/mol. The Bertz CT molecular complexity index is 2140. The summed E-state index contributed by atoms with van der Waals surface area (Å²) in [5.41, 5.74) is 17.7. The fourth-order valence-corrected chi connectivity index (χ4v) is 11.2. The maximum atomic E-state index is 7.02. The smallest absolute Gasteiger partial charge is 0.256 e. The summed E-state index contributed by atoms with van der Waals surface area (Å²) in [5, 5.41) is 0. The Morgan fingerprint density at radius 2 is 1.00 bits per heavy atom. The van der Waals surface area contributed by atoms with E-state index in [1.54, 1.807) is 0 Å². The number of hydrogen-bond acceptors (Lipinski definition) is 2. The molecule has 0 saturated heterocycles. The largest absolute Gasteiger partial charge is 0.458 e. The molecule has 0 bridgehead atoms. The Kier molecular flexibility index (Phi) is 6.29. The molecule has 0 saturated carbocycles. The monoisotopic (exact) mass is 661 g/mol. The van der Waals surface area contributed by atoms with Crippen LogP contribution in [0.4, 0.5) is 17.1 Å². The highest BCUT2D eigenvalue weighted by Gasteiger charge is 2.49. The van der Waals surface area contributed by atoms with Crippen LogP contribution in [0.3, 0.4) is 0 Å². The van der Waals surface area contributed by atoms with Crippen LogP contribution in [0.2, 0.25) is 0 Å². The topological polar surface area (TPSA) is 12.5 Å². The molecule has 4 aromatic rings. The number of nitrogens with zero attached hydrogens (tertiary/aromatic N) is 1. The van der Waals surface area contributed by atoms with Crippen molar-refractivity contribution in [2.75, 3.05) is 4.90 Å². The Hall–Kier alpha value is -3.46. The van der Waals surface area contributed by atoms with Crippen LogP contribution in [0.15, 0.2) is 60.7 Å². The number of anilines is 3. The fourth-order valence-electron chi connectivity index (χ4n) is 11.2. The summed E-state index contributed by atoms with van der Waals surface area (Å²) >= 11 is 0. The van der Waals surface area contributed by atoms with Gasteiger partial charge in [0.15, 0.2) is 0 Å². The van der Waals surface area contributed by atoms with E-state index in [4.69, 9.17) is 4.74 Å². The van der Waals surface area contributed by atoms with Gasteiger partial charge in [-0.15, -0.1) is 0 Å². The number of fused-ring (bicyclic) bond motifs is 7. The first kappa shape index (κ1) is 32.5. The number of ether oxygens (including phenoxy) is 1. The minimum Gasteiger partial charge on any atom is -0.458 e. The molecule has 0 atom stereocenters. The molecule has 0 fully saturated rings. The lowest BCUT2D eigenvalue weighted by Crippen LogP contribution is -2.60. The van der Waals surface area contributed by atoms with E-state index in [0.29, 0.717) is 0 Å². The predicted molar refractivity (Wildman–Crippen MR) is 214 cm³/mol. The van der Waals surface area contributed by atoms with Crippen LogP contribution < -0.4 is 26.0 Å². The van der Waals surface area contributed by atoms with E-state index < -0.39 is 0 Å². The van der Waals surface area contributed by atoms with Crippen molar-refractivity contribution >= 4 is 40.2 Å². The van der Waals surface area contributed by atoms with Gasteiger partial charge in [0.25, 0.3) is 6.71 Å². The van der Waals surface area contributed by atoms with Crippen molar-refractivity contribution in [2.24, 2.45) is 0 Å². The molecule has 0 aromatic heterocycles. The summed E-state index contributed by atoms with van der Waals surface area (Å²) < 4.78 is 7.02. The van der Waals surface area contributed by atoms with Gasteiger partial charge in [0.1, 0.15) is 11.5 Å². The van der Waals surface area contributed by atoms with Crippen LogP contribution in [0.1, 0.15) is 149 Å². The first-order chi connectivity index (χ1) is 23.2. The second-order valence-electron chi connectivity index (χ2n) is 20.7. The second kappa shape index (κ2) is 9.70. The normalized spacial score (nSPS) is 23.0. The molecule has 2 nitrogen and oxygen atoms in total. The zero-order chi connectivity index (χ0) is 35.6. The van der Waals surface area contributed by atoms with Crippen LogP contribution in [-0.4, -0.2) is 6.71 Å². The zero-order valence-corrected chi connectivity index (χ0v) is 32.7. The van der Waals surface area contributed by atoms with Gasteiger partial charge in [-0.3, -0.25) is 0 Å². The first-order valence-corrected chi connectivity index (χ1v) is 19.4. The molecular formula is C47H56BNO. The third-order valence-corrected chi connectivity index (χ3v) is 14.2. The van der Waals surface area contributed by atoms with Crippen LogP contribution in [-0.2, 0) is 32.5 Å². The lowest BCUT2D eigenvalue weighted by molar-refractivity contribution is 0.332. The number of rotatable bonds is 1. The molecule has 2 aliphatic heterocycles. The van der Waals surface area contributed by atoms with E-state index in [1.807, 2.05) is 0 Å². The molecular weight excluding hydrogens is 605 g/mol. The van der Waals surface area contributed by atoms with Crippen LogP contribution in [0, 0.1) is 0 Å². The molecule has 0 spiro atoms. The van der Waals surface area contributed by atoms with Gasteiger partial charge in [-0.1, -0.05) is 107 Å². The van der Waals surface area contributed by atoms with Crippen molar-refractivity contribution < 1.29 is 4.74 Å². The zero-order valence-electron chi connectivity index (χ0n) is 32.7. The van der Waals surface area contributed by atoms with Gasteiger partial charge in [0, 0.05) is 17.1 Å². The summed E-state index contributed by atoms with van der Waals surface area (Å²) in [5.74, 6) is 2.04. The van der Waals surface area contributed by atoms with Gasteiger partial charge in [-0.2, -0.15) is 0 Å². The predicted octanol–water partition coefficient (Wildman–Crippen LogP) is 10.7. The van der Waals surface area contributed by atoms with Crippen LogP contribution in [0.5, 0.6) is 11.5 Å². The lowest BCUT2D eigenvalue weighted by atomic mass is 9.33. The number of benzene rings is 4. The molecule has 5 aliphatic rings. The van der Waals surface area contributed by atoms with Gasteiger partial charge in [0.2, 0.25) is 0 Å². The van der Waals surface area contributed by atoms with E-state index >= 15 is 0 Å². The fraction of sp³-hybridized carbons (Fsp3) is 0.489. The average Bonchev–Trinajstić information content (AvgIpc) is 3.22. The van der Waals surface area contributed by atoms with Crippen molar-refractivity contribution in [2.45, 2.75) is 148 Å². The lowest BCUT2D eigenvalue weighted by Gasteiger charge is -2.46. The summed E-state index contributed by atoms with van der Waals surface area (Å²) in [4.78, 5) is 2.61. The number of hydrogen-bond donors (Lipinski definition) is 0. The van der Waals surface area contributed by atoms with E-state index in [-0.39, 0.29) is 39.2 Å². The van der Waals surface area contributed by atoms with Gasteiger partial charge in [-0.05, 0) is 151 Å². The van der Waals surface area contributed by atoms with E-state index in [1.165, 1.54) is 92.5 Å². The summed E-state index contributed by atoms with van der Waals surface area (Å²) in [6, 6.07) is 24.4. The van der Waals surface area contributed by atoms with E-state index in [0.717, 1.165) is 17.9 Å². The third-order valence-electron chi connectivity index (χ3n) is 14.2. The van der Waals surface area contributed by atoms with Crippen molar-refractivity contribution in [3.05, 3.63) is 94.0 Å². The van der Waals surface area contributed by atoms with Crippen molar-refractivity contribution in [3.63, 3.8) is 0 Å². The summed E-state index contributed by atoms with van der Waals surface area (Å²) in [7, 11) is 0. The minimum absolute atomic E-state index is 0.111. The SMILES string of the molecule is CC1(C)CCC(C)(C)c2cc(N3c4cc5c(cc4B4c6cc7c(cc6Oc6cccc3c64)C(C)(C)CC7(C)C)C(C)(C)CCC5(C)C)ccc21.